The summed E-state index contributed by atoms with van der Waals surface area (Å²) in [5, 5.41) is 11.5. The van der Waals surface area contributed by atoms with Crippen LogP contribution in [0.15, 0.2) is 54.7 Å². The fraction of sp³-hybridized carbons (Fsp3) is 0.0667. The zero-order chi connectivity index (χ0) is 15.9. The second kappa shape index (κ2) is 4.87. The van der Waals surface area contributed by atoms with Gasteiger partial charge in [0.2, 0.25) is 0 Å². The Morgan fingerprint density at radius 1 is 1.05 bits per heavy atom. The van der Waals surface area contributed by atoms with Crippen molar-refractivity contribution in [2.75, 3.05) is 0 Å². The van der Waals surface area contributed by atoms with E-state index in [4.69, 9.17) is 0 Å². The van der Waals surface area contributed by atoms with Crippen LogP contribution in [0.1, 0.15) is 5.56 Å². The van der Waals surface area contributed by atoms with Gasteiger partial charge in [-0.15, -0.1) is 0 Å². The van der Waals surface area contributed by atoms with Crippen LogP contribution in [-0.2, 0) is 6.18 Å². The van der Waals surface area contributed by atoms with Crippen LogP contribution in [-0.4, -0.2) is 9.49 Å². The molecule has 0 aliphatic heterocycles. The predicted octanol–water partition coefficient (Wildman–Crippen LogP) is 4.56. The third kappa shape index (κ3) is 2.30. The van der Waals surface area contributed by atoms with Gasteiger partial charge in [-0.1, -0.05) is 12.1 Å². The monoisotopic (exact) mass is 306 g/mol. The van der Waals surface area contributed by atoms with Crippen molar-refractivity contribution in [3.05, 3.63) is 70.4 Å². The molecule has 0 saturated heterocycles. The number of nitro benzene ring substituents is 1. The van der Waals surface area contributed by atoms with Gasteiger partial charge in [0, 0.05) is 17.6 Å². The summed E-state index contributed by atoms with van der Waals surface area (Å²) in [5.74, 6) is 0. The van der Waals surface area contributed by atoms with Crippen molar-refractivity contribution in [3.8, 4) is 5.69 Å². The molecule has 0 radical (unpaired) electrons. The van der Waals surface area contributed by atoms with E-state index in [0.29, 0.717) is 16.6 Å². The van der Waals surface area contributed by atoms with Crippen molar-refractivity contribution >= 4 is 16.6 Å². The minimum Gasteiger partial charge on any atom is -0.311 e. The second-order valence-corrected chi connectivity index (χ2v) is 4.70. The smallest absolute Gasteiger partial charge is 0.311 e. The largest absolute Gasteiger partial charge is 0.416 e. The first-order valence-electron chi connectivity index (χ1n) is 6.30. The van der Waals surface area contributed by atoms with E-state index in [0.717, 1.165) is 12.1 Å². The fourth-order valence-corrected chi connectivity index (χ4v) is 2.35. The molecular weight excluding hydrogens is 297 g/mol. The summed E-state index contributed by atoms with van der Waals surface area (Å²) in [7, 11) is 0. The summed E-state index contributed by atoms with van der Waals surface area (Å²) in [5.41, 5.74) is -0.0789. The van der Waals surface area contributed by atoms with Crippen LogP contribution < -0.4 is 0 Å². The number of hydrogen-bond donors (Lipinski definition) is 0. The molecule has 22 heavy (non-hydrogen) atoms. The minimum atomic E-state index is -4.42. The number of alkyl halides is 3. The lowest BCUT2D eigenvalue weighted by Crippen LogP contribution is -2.04. The molecule has 0 aliphatic rings. The van der Waals surface area contributed by atoms with Gasteiger partial charge in [0.05, 0.1) is 16.0 Å². The maximum Gasteiger partial charge on any atom is 0.416 e. The van der Waals surface area contributed by atoms with Crippen LogP contribution in [0.2, 0.25) is 0 Å². The van der Waals surface area contributed by atoms with Crippen molar-refractivity contribution < 1.29 is 18.1 Å². The average molecular weight is 306 g/mol. The van der Waals surface area contributed by atoms with Crippen LogP contribution in [0.3, 0.4) is 0 Å². The lowest BCUT2D eigenvalue weighted by atomic mass is 10.1. The third-order valence-electron chi connectivity index (χ3n) is 3.36. The highest BCUT2D eigenvalue weighted by Gasteiger charge is 2.30. The van der Waals surface area contributed by atoms with E-state index >= 15 is 0 Å². The molecule has 3 aromatic rings. The lowest BCUT2D eigenvalue weighted by molar-refractivity contribution is -0.384. The zero-order valence-electron chi connectivity index (χ0n) is 11.0. The minimum absolute atomic E-state index is 0.111. The van der Waals surface area contributed by atoms with Gasteiger partial charge in [0.1, 0.15) is 5.69 Å². The molecule has 0 spiro atoms. The number of halogens is 3. The molecule has 0 fully saturated rings. The Labute approximate surface area is 122 Å². The van der Waals surface area contributed by atoms with Crippen molar-refractivity contribution in [3.63, 3.8) is 0 Å². The van der Waals surface area contributed by atoms with Crippen LogP contribution >= 0.6 is 0 Å². The molecular formula is C15H9F3N2O2. The molecule has 112 valence electrons. The number of hydrogen-bond acceptors (Lipinski definition) is 2. The maximum atomic E-state index is 12.7. The molecule has 2 aromatic carbocycles. The average Bonchev–Trinajstić information content (AvgIpc) is 2.89. The van der Waals surface area contributed by atoms with Gasteiger partial charge in [-0.25, -0.2) is 0 Å². The molecule has 0 bridgehead atoms. The molecule has 1 heterocycles. The van der Waals surface area contributed by atoms with E-state index in [1.807, 2.05) is 0 Å². The van der Waals surface area contributed by atoms with Gasteiger partial charge in [-0.3, -0.25) is 10.1 Å². The number of nitro groups is 1. The summed E-state index contributed by atoms with van der Waals surface area (Å²) >= 11 is 0. The Kier molecular flexibility index (Phi) is 3.13. The van der Waals surface area contributed by atoms with Crippen LogP contribution in [0.4, 0.5) is 18.9 Å². The molecule has 0 aliphatic carbocycles. The highest BCUT2D eigenvalue weighted by Crippen LogP contribution is 2.33. The van der Waals surface area contributed by atoms with Gasteiger partial charge in [-0.05, 0) is 30.3 Å². The van der Waals surface area contributed by atoms with Crippen molar-refractivity contribution in [2.24, 2.45) is 0 Å². The molecule has 7 heteroatoms. The second-order valence-electron chi connectivity index (χ2n) is 4.70. The number of nitrogens with zero attached hydrogens (tertiary/aromatic N) is 2. The molecule has 3 rings (SSSR count). The normalized spacial score (nSPS) is 11.8. The molecule has 0 N–H and O–H groups in total. The topological polar surface area (TPSA) is 48.1 Å². The van der Waals surface area contributed by atoms with E-state index in [1.54, 1.807) is 12.1 Å². The summed E-state index contributed by atoms with van der Waals surface area (Å²) in [6.07, 6.45) is -2.90. The van der Waals surface area contributed by atoms with Gasteiger partial charge in [0.15, 0.2) is 0 Å². The summed E-state index contributed by atoms with van der Waals surface area (Å²) in [4.78, 5) is 10.6. The van der Waals surface area contributed by atoms with Crippen LogP contribution in [0, 0.1) is 10.1 Å². The first-order valence-corrected chi connectivity index (χ1v) is 6.30. The molecule has 0 atom stereocenters. The van der Waals surface area contributed by atoms with Crippen molar-refractivity contribution in [1.82, 2.24) is 4.57 Å². The van der Waals surface area contributed by atoms with Crippen LogP contribution in [0.25, 0.3) is 16.6 Å². The van der Waals surface area contributed by atoms with E-state index in [9.17, 15) is 23.3 Å². The molecule has 0 amide bonds. The molecule has 4 nitrogen and oxygen atoms in total. The van der Waals surface area contributed by atoms with Crippen molar-refractivity contribution in [1.29, 1.82) is 0 Å². The number of rotatable bonds is 2. The quantitative estimate of drug-likeness (QED) is 0.515. The van der Waals surface area contributed by atoms with E-state index in [-0.39, 0.29) is 5.69 Å². The number of aromatic nitrogens is 1. The van der Waals surface area contributed by atoms with E-state index < -0.39 is 16.7 Å². The van der Waals surface area contributed by atoms with E-state index in [2.05, 4.69) is 0 Å². The maximum absolute atomic E-state index is 12.7. The van der Waals surface area contributed by atoms with Gasteiger partial charge in [-0.2, -0.15) is 13.2 Å². The molecule has 0 saturated carbocycles. The fourth-order valence-electron chi connectivity index (χ4n) is 2.35. The summed E-state index contributed by atoms with van der Waals surface area (Å²) in [6.45, 7) is 0. The Balaban J connectivity index is 2.20. The summed E-state index contributed by atoms with van der Waals surface area (Å²) < 4.78 is 39.7. The first-order chi connectivity index (χ1) is 10.4. The Morgan fingerprint density at radius 2 is 1.77 bits per heavy atom. The first kappa shape index (κ1) is 14.1. The number of para-hydroxylation sites is 2. The molecule has 1 aromatic heterocycles. The Bertz CT molecular complexity index is 869. The van der Waals surface area contributed by atoms with Gasteiger partial charge >= 0.3 is 6.18 Å². The van der Waals surface area contributed by atoms with Crippen LogP contribution in [0.5, 0.6) is 0 Å². The standard InChI is InChI=1S/C15H9F3N2O2/c16-15(17,18)11-5-6-12-10(9-11)7-8-19(12)13-3-1-2-4-14(13)20(21)22/h1-9H. The molecule has 0 unspecified atom stereocenters. The summed E-state index contributed by atoms with van der Waals surface area (Å²) in [6, 6.07) is 10.9. The van der Waals surface area contributed by atoms with E-state index in [1.165, 1.54) is 35.0 Å². The predicted molar refractivity (Wildman–Crippen MR) is 74.9 cm³/mol. The van der Waals surface area contributed by atoms with Crippen molar-refractivity contribution in [2.45, 2.75) is 6.18 Å². The number of fused-ring (bicyclic) bond motifs is 1. The SMILES string of the molecule is O=[N+]([O-])c1ccccc1-n1ccc2cc(C(F)(F)F)ccc21. The Hall–Kier alpha value is -2.83. The zero-order valence-corrected chi connectivity index (χ0v) is 11.0. The number of benzene rings is 2. The Morgan fingerprint density at radius 3 is 2.45 bits per heavy atom. The highest BCUT2D eigenvalue weighted by molar-refractivity contribution is 5.83. The third-order valence-corrected chi connectivity index (χ3v) is 3.36. The highest BCUT2D eigenvalue weighted by atomic mass is 19.4. The van der Waals surface area contributed by atoms with Gasteiger partial charge < -0.3 is 4.57 Å². The van der Waals surface area contributed by atoms with Gasteiger partial charge in [0.25, 0.3) is 5.69 Å². The lowest BCUT2D eigenvalue weighted by Gasteiger charge is -2.08.